The predicted octanol–water partition coefficient (Wildman–Crippen LogP) is 2.32. The molecule has 0 spiro atoms. The Morgan fingerprint density at radius 2 is 1.80 bits per heavy atom. The predicted molar refractivity (Wildman–Crippen MR) is 63.7 cm³/mol. The zero-order valence-corrected chi connectivity index (χ0v) is 9.83. The fourth-order valence-corrected chi connectivity index (χ4v) is 2.05. The van der Waals surface area contributed by atoms with E-state index >= 15 is 0 Å². The Morgan fingerprint density at radius 3 is 2.20 bits per heavy atom. The molecule has 0 aromatic heterocycles. The van der Waals surface area contributed by atoms with Gasteiger partial charge in [-0.2, -0.15) is 0 Å². The molecule has 1 aromatic carbocycles. The lowest BCUT2D eigenvalue weighted by atomic mass is 9.88. The van der Waals surface area contributed by atoms with Gasteiger partial charge in [0.1, 0.15) is 0 Å². The Labute approximate surface area is 92.1 Å². The summed E-state index contributed by atoms with van der Waals surface area (Å²) >= 11 is 0. The van der Waals surface area contributed by atoms with Crippen molar-refractivity contribution in [1.82, 2.24) is 0 Å². The van der Waals surface area contributed by atoms with Gasteiger partial charge in [-0.05, 0) is 43.5 Å². The number of aliphatic hydroxyl groups is 1. The molecule has 0 aliphatic heterocycles. The van der Waals surface area contributed by atoms with Crippen LogP contribution >= 0.6 is 0 Å². The fourth-order valence-electron chi connectivity index (χ4n) is 2.05. The largest absolute Gasteiger partial charge is 0.388 e. The normalized spacial score (nSPS) is 15.0. The van der Waals surface area contributed by atoms with Crippen LogP contribution in [0.15, 0.2) is 18.2 Å². The van der Waals surface area contributed by atoms with Crippen molar-refractivity contribution in [1.29, 1.82) is 0 Å². The molecule has 2 atom stereocenters. The first-order chi connectivity index (χ1) is 7.11. The molecule has 0 bridgehead atoms. The molecule has 3 N–H and O–H groups in total. The first-order valence-corrected chi connectivity index (χ1v) is 5.56. The van der Waals surface area contributed by atoms with Gasteiger partial charge < -0.3 is 10.8 Å². The number of rotatable bonds is 4. The highest BCUT2D eigenvalue weighted by Gasteiger charge is 2.20. The molecule has 1 rings (SSSR count). The summed E-state index contributed by atoms with van der Waals surface area (Å²) in [6.45, 7) is 6.67. The molecule has 0 amide bonds. The van der Waals surface area contributed by atoms with Crippen LogP contribution in [0.5, 0.6) is 0 Å². The van der Waals surface area contributed by atoms with Crippen molar-refractivity contribution in [3.63, 3.8) is 0 Å². The van der Waals surface area contributed by atoms with Crippen LogP contribution in [0.4, 0.5) is 0 Å². The second-order valence-electron chi connectivity index (χ2n) is 4.15. The summed E-state index contributed by atoms with van der Waals surface area (Å²) in [6.07, 6.45) is 0.479. The summed E-state index contributed by atoms with van der Waals surface area (Å²) in [5.41, 5.74) is 9.01. The number of aryl methyl sites for hydroxylation is 2. The van der Waals surface area contributed by atoms with Crippen LogP contribution in [0.1, 0.15) is 36.1 Å². The molecule has 0 fully saturated rings. The van der Waals surface area contributed by atoms with E-state index in [1.165, 1.54) is 0 Å². The third-order valence-corrected chi connectivity index (χ3v) is 3.11. The van der Waals surface area contributed by atoms with Crippen LogP contribution in [0.25, 0.3) is 0 Å². The molecular formula is C13H21NO. The first kappa shape index (κ1) is 12.2. The summed E-state index contributed by atoms with van der Waals surface area (Å²) in [5, 5.41) is 10.3. The standard InChI is InChI=1S/C13H21NO/c1-4-11(8-14)13(15)12-9(2)6-5-7-10(12)3/h5-7,11,13,15H,4,8,14H2,1-3H3. The molecule has 84 valence electrons. The van der Waals surface area contributed by atoms with E-state index in [9.17, 15) is 5.11 Å². The Morgan fingerprint density at radius 1 is 1.27 bits per heavy atom. The Hall–Kier alpha value is -0.860. The third kappa shape index (κ3) is 2.58. The highest BCUT2D eigenvalue weighted by atomic mass is 16.3. The molecule has 2 unspecified atom stereocenters. The van der Waals surface area contributed by atoms with Gasteiger partial charge in [-0.3, -0.25) is 0 Å². The summed E-state index contributed by atoms with van der Waals surface area (Å²) in [7, 11) is 0. The molecule has 0 radical (unpaired) electrons. The van der Waals surface area contributed by atoms with Crippen molar-refractivity contribution in [2.75, 3.05) is 6.54 Å². The average Bonchev–Trinajstić information content (AvgIpc) is 2.19. The van der Waals surface area contributed by atoms with Gasteiger partial charge in [-0.25, -0.2) is 0 Å². The van der Waals surface area contributed by atoms with Crippen molar-refractivity contribution < 1.29 is 5.11 Å². The number of nitrogens with two attached hydrogens (primary N) is 1. The lowest BCUT2D eigenvalue weighted by Gasteiger charge is -2.23. The van der Waals surface area contributed by atoms with Crippen LogP contribution in [-0.4, -0.2) is 11.7 Å². The molecule has 0 aliphatic carbocycles. The van der Waals surface area contributed by atoms with E-state index in [-0.39, 0.29) is 5.92 Å². The molecule has 0 saturated heterocycles. The summed E-state index contributed by atoms with van der Waals surface area (Å²) in [6, 6.07) is 6.09. The molecule has 15 heavy (non-hydrogen) atoms. The minimum absolute atomic E-state index is 0.157. The van der Waals surface area contributed by atoms with Gasteiger partial charge in [0.05, 0.1) is 6.10 Å². The second kappa shape index (κ2) is 5.29. The number of benzene rings is 1. The van der Waals surface area contributed by atoms with Crippen LogP contribution in [0.3, 0.4) is 0 Å². The zero-order valence-electron chi connectivity index (χ0n) is 9.83. The molecule has 0 aliphatic rings. The molecule has 0 heterocycles. The minimum Gasteiger partial charge on any atom is -0.388 e. The number of aliphatic hydroxyl groups excluding tert-OH is 1. The maximum absolute atomic E-state index is 10.3. The zero-order chi connectivity index (χ0) is 11.4. The van der Waals surface area contributed by atoms with E-state index in [0.717, 1.165) is 23.1 Å². The number of hydrogen-bond acceptors (Lipinski definition) is 2. The lowest BCUT2D eigenvalue weighted by molar-refractivity contribution is 0.109. The van der Waals surface area contributed by atoms with Crippen molar-refractivity contribution in [3.05, 3.63) is 34.9 Å². The van der Waals surface area contributed by atoms with E-state index in [0.29, 0.717) is 6.54 Å². The Balaban J connectivity index is 3.04. The van der Waals surface area contributed by atoms with Crippen molar-refractivity contribution in [3.8, 4) is 0 Å². The Bertz CT molecular complexity index is 298. The van der Waals surface area contributed by atoms with Gasteiger partial charge in [-0.15, -0.1) is 0 Å². The molecule has 1 aromatic rings. The molecule has 0 saturated carbocycles. The minimum atomic E-state index is -0.429. The van der Waals surface area contributed by atoms with E-state index in [1.54, 1.807) is 0 Å². The first-order valence-electron chi connectivity index (χ1n) is 5.56. The summed E-state index contributed by atoms with van der Waals surface area (Å²) in [4.78, 5) is 0. The van der Waals surface area contributed by atoms with Crippen LogP contribution in [0.2, 0.25) is 0 Å². The maximum atomic E-state index is 10.3. The molecular weight excluding hydrogens is 186 g/mol. The van der Waals surface area contributed by atoms with Crippen molar-refractivity contribution in [2.24, 2.45) is 11.7 Å². The maximum Gasteiger partial charge on any atom is 0.0835 e. The van der Waals surface area contributed by atoms with Gasteiger partial charge >= 0.3 is 0 Å². The summed E-state index contributed by atoms with van der Waals surface area (Å²) in [5.74, 6) is 0.157. The van der Waals surface area contributed by atoms with Gasteiger partial charge in [-0.1, -0.05) is 25.1 Å². The van der Waals surface area contributed by atoms with Gasteiger partial charge in [0.2, 0.25) is 0 Å². The van der Waals surface area contributed by atoms with Crippen LogP contribution in [0, 0.1) is 19.8 Å². The van der Waals surface area contributed by atoms with Gasteiger partial charge in [0, 0.05) is 5.92 Å². The second-order valence-corrected chi connectivity index (χ2v) is 4.15. The Kier molecular flexibility index (Phi) is 4.30. The van der Waals surface area contributed by atoms with Gasteiger partial charge in [0.25, 0.3) is 0 Å². The van der Waals surface area contributed by atoms with E-state index in [4.69, 9.17) is 5.73 Å². The SMILES string of the molecule is CCC(CN)C(O)c1c(C)cccc1C. The lowest BCUT2D eigenvalue weighted by Crippen LogP contribution is -2.22. The topological polar surface area (TPSA) is 46.2 Å². The average molecular weight is 207 g/mol. The molecule has 2 heteroatoms. The fraction of sp³-hybridized carbons (Fsp3) is 0.538. The van der Waals surface area contributed by atoms with Crippen LogP contribution in [-0.2, 0) is 0 Å². The van der Waals surface area contributed by atoms with E-state index in [2.05, 4.69) is 6.92 Å². The van der Waals surface area contributed by atoms with E-state index in [1.807, 2.05) is 32.0 Å². The van der Waals surface area contributed by atoms with Crippen molar-refractivity contribution >= 4 is 0 Å². The molecule has 2 nitrogen and oxygen atoms in total. The quantitative estimate of drug-likeness (QED) is 0.796. The van der Waals surface area contributed by atoms with Gasteiger partial charge in [0.15, 0.2) is 0 Å². The summed E-state index contributed by atoms with van der Waals surface area (Å²) < 4.78 is 0. The third-order valence-electron chi connectivity index (χ3n) is 3.11. The number of hydrogen-bond donors (Lipinski definition) is 2. The highest BCUT2D eigenvalue weighted by molar-refractivity contribution is 5.35. The van der Waals surface area contributed by atoms with Crippen LogP contribution < -0.4 is 5.73 Å². The van der Waals surface area contributed by atoms with Crippen molar-refractivity contribution in [2.45, 2.75) is 33.3 Å². The van der Waals surface area contributed by atoms with E-state index < -0.39 is 6.10 Å². The highest BCUT2D eigenvalue weighted by Crippen LogP contribution is 2.28. The monoisotopic (exact) mass is 207 g/mol. The smallest absolute Gasteiger partial charge is 0.0835 e.